The second-order valence-corrected chi connectivity index (χ2v) is 8.95. The second-order valence-electron chi connectivity index (χ2n) is 8.39. The van der Waals surface area contributed by atoms with Crippen molar-refractivity contribution in [2.75, 3.05) is 4.90 Å². The van der Waals surface area contributed by atoms with E-state index in [1.165, 1.54) is 28.2 Å². The average Bonchev–Trinajstić information content (AvgIpc) is 2.85. The maximum absolute atomic E-state index is 5.03. The van der Waals surface area contributed by atoms with Crippen LogP contribution in [0.15, 0.2) is 109 Å². The number of allylic oxidation sites excluding steroid dienone is 4. The van der Waals surface area contributed by atoms with Gasteiger partial charge < -0.3 is 4.90 Å². The Labute approximate surface area is 192 Å². The van der Waals surface area contributed by atoms with Gasteiger partial charge in [0.2, 0.25) is 0 Å². The van der Waals surface area contributed by atoms with Crippen molar-refractivity contribution in [2.45, 2.75) is 37.9 Å². The molecule has 31 heavy (non-hydrogen) atoms. The summed E-state index contributed by atoms with van der Waals surface area (Å²) in [4.78, 5) is 2.37. The van der Waals surface area contributed by atoms with Crippen LogP contribution in [0.2, 0.25) is 0 Å². The third-order valence-corrected chi connectivity index (χ3v) is 7.17. The van der Waals surface area contributed by atoms with Crippen LogP contribution in [0.4, 0.5) is 11.4 Å². The molecule has 0 spiro atoms. The zero-order valence-corrected chi connectivity index (χ0v) is 19.3. The number of para-hydroxylation sites is 1. The molecule has 0 radical (unpaired) electrons. The van der Waals surface area contributed by atoms with Gasteiger partial charge in [-0.1, -0.05) is 86.7 Å². The Hall–Kier alpha value is -2.71. The van der Waals surface area contributed by atoms with E-state index in [4.69, 9.17) is 12.6 Å². The molecule has 4 rings (SSSR count). The highest BCUT2D eigenvalue weighted by Crippen LogP contribution is 2.39. The molecule has 0 saturated heterocycles. The van der Waals surface area contributed by atoms with Gasteiger partial charge in [0.15, 0.2) is 0 Å². The number of anilines is 2. The highest BCUT2D eigenvalue weighted by Gasteiger charge is 2.23. The molecule has 3 aromatic rings. The van der Waals surface area contributed by atoms with Gasteiger partial charge in [-0.2, -0.15) is 12.6 Å². The Morgan fingerprint density at radius 2 is 1.35 bits per heavy atom. The maximum atomic E-state index is 5.03. The minimum absolute atomic E-state index is 0.186. The zero-order chi connectivity index (χ0) is 21.6. The smallest absolute Gasteiger partial charge is 0.0458 e. The molecule has 0 fully saturated rings. The molecule has 0 aromatic heterocycles. The van der Waals surface area contributed by atoms with Gasteiger partial charge in [-0.3, -0.25) is 0 Å². The molecule has 158 valence electrons. The van der Waals surface area contributed by atoms with E-state index in [1.54, 1.807) is 0 Å². The van der Waals surface area contributed by atoms with Crippen LogP contribution in [0.1, 0.15) is 49.0 Å². The normalized spacial score (nSPS) is 16.3. The number of rotatable bonds is 7. The number of benzene rings is 3. The highest BCUT2D eigenvalue weighted by molar-refractivity contribution is 7.80. The van der Waals surface area contributed by atoms with Crippen LogP contribution >= 0.6 is 12.6 Å². The fourth-order valence-corrected chi connectivity index (χ4v) is 4.72. The van der Waals surface area contributed by atoms with Crippen LogP contribution in [0.25, 0.3) is 0 Å². The molecule has 2 heteroatoms. The molecular formula is C29H31NS. The summed E-state index contributed by atoms with van der Waals surface area (Å²) in [6, 6.07) is 30.4. The Balaban J connectivity index is 1.58. The van der Waals surface area contributed by atoms with Gasteiger partial charge in [-0.15, -0.1) is 0 Å². The molecule has 0 saturated carbocycles. The molecule has 0 N–H and O–H groups in total. The van der Waals surface area contributed by atoms with Gasteiger partial charge in [0.25, 0.3) is 0 Å². The van der Waals surface area contributed by atoms with Crippen LogP contribution in [-0.2, 0) is 0 Å². The Morgan fingerprint density at radius 1 is 0.742 bits per heavy atom. The molecule has 3 atom stereocenters. The Kier molecular flexibility index (Phi) is 6.99. The zero-order valence-electron chi connectivity index (χ0n) is 18.4. The second kappa shape index (κ2) is 10.1. The van der Waals surface area contributed by atoms with E-state index in [9.17, 15) is 0 Å². The van der Waals surface area contributed by atoms with Gasteiger partial charge in [0.1, 0.15) is 0 Å². The van der Waals surface area contributed by atoms with Gasteiger partial charge in [0, 0.05) is 22.3 Å². The van der Waals surface area contributed by atoms with E-state index in [0.717, 1.165) is 12.8 Å². The SMILES string of the molecule is CC(c1ccccc1)C(C)C(S)c1ccc(N(C2=CC=CCC2)c2ccccc2)cc1. The first-order chi connectivity index (χ1) is 15.1. The fourth-order valence-electron chi connectivity index (χ4n) is 4.29. The number of hydrogen-bond acceptors (Lipinski definition) is 2. The molecule has 0 bridgehead atoms. The summed E-state index contributed by atoms with van der Waals surface area (Å²) in [5.41, 5.74) is 6.37. The lowest BCUT2D eigenvalue weighted by Crippen LogP contribution is -2.17. The number of thiol groups is 1. The maximum Gasteiger partial charge on any atom is 0.0458 e. The molecule has 1 nitrogen and oxygen atoms in total. The summed E-state index contributed by atoms with van der Waals surface area (Å²) in [5, 5.41) is 0.186. The summed E-state index contributed by atoms with van der Waals surface area (Å²) in [6.07, 6.45) is 8.76. The van der Waals surface area contributed by atoms with Crippen LogP contribution in [0.3, 0.4) is 0 Å². The summed E-state index contributed by atoms with van der Waals surface area (Å²) >= 11 is 5.03. The topological polar surface area (TPSA) is 3.24 Å². The molecular weight excluding hydrogens is 394 g/mol. The van der Waals surface area contributed by atoms with Crippen molar-refractivity contribution in [1.82, 2.24) is 0 Å². The lowest BCUT2D eigenvalue weighted by molar-refractivity contribution is 0.478. The lowest BCUT2D eigenvalue weighted by atomic mass is 9.84. The average molecular weight is 426 g/mol. The van der Waals surface area contributed by atoms with Crippen LogP contribution < -0.4 is 4.90 Å². The van der Waals surface area contributed by atoms with E-state index >= 15 is 0 Å². The van der Waals surface area contributed by atoms with Crippen molar-refractivity contribution in [3.05, 3.63) is 120 Å². The summed E-state index contributed by atoms with van der Waals surface area (Å²) < 4.78 is 0. The predicted octanol–water partition coefficient (Wildman–Crippen LogP) is 8.47. The Morgan fingerprint density at radius 3 is 1.97 bits per heavy atom. The minimum Gasteiger partial charge on any atom is -0.314 e. The van der Waals surface area contributed by atoms with Gasteiger partial charge in [-0.05, 0) is 66.1 Å². The molecule has 0 amide bonds. The predicted molar refractivity (Wildman–Crippen MR) is 137 cm³/mol. The molecule has 3 aromatic carbocycles. The van der Waals surface area contributed by atoms with Gasteiger partial charge in [-0.25, -0.2) is 0 Å². The molecule has 3 unspecified atom stereocenters. The summed E-state index contributed by atoms with van der Waals surface area (Å²) in [5.74, 6) is 0.872. The van der Waals surface area contributed by atoms with Crippen molar-refractivity contribution in [3.63, 3.8) is 0 Å². The first-order valence-electron chi connectivity index (χ1n) is 11.2. The van der Waals surface area contributed by atoms with Crippen molar-refractivity contribution < 1.29 is 0 Å². The standard InChI is InChI=1S/C29H31NS/c1-22(24-12-6-3-7-13-24)23(2)29(31)25-18-20-28(21-19-25)30(26-14-8-4-9-15-26)27-16-10-5-11-17-27/h3-10,12-16,18-23,29,31H,11,17H2,1-2H3. The largest absolute Gasteiger partial charge is 0.314 e. The number of hydrogen-bond donors (Lipinski definition) is 1. The first-order valence-corrected chi connectivity index (χ1v) is 11.7. The van der Waals surface area contributed by atoms with Crippen LogP contribution in [-0.4, -0.2) is 0 Å². The monoisotopic (exact) mass is 425 g/mol. The third kappa shape index (κ3) is 4.97. The fraction of sp³-hybridized carbons (Fsp3) is 0.241. The van der Waals surface area contributed by atoms with E-state index in [2.05, 4.69) is 122 Å². The van der Waals surface area contributed by atoms with E-state index in [0.29, 0.717) is 11.8 Å². The molecule has 1 aliphatic carbocycles. The van der Waals surface area contributed by atoms with Gasteiger partial charge >= 0.3 is 0 Å². The minimum atomic E-state index is 0.186. The number of nitrogens with zero attached hydrogens (tertiary/aromatic N) is 1. The van der Waals surface area contributed by atoms with Crippen molar-refractivity contribution in [2.24, 2.45) is 5.92 Å². The Bertz CT molecular complexity index is 1020. The summed E-state index contributed by atoms with van der Waals surface area (Å²) in [7, 11) is 0. The quantitative estimate of drug-likeness (QED) is 0.371. The lowest BCUT2D eigenvalue weighted by Gasteiger charge is -2.30. The van der Waals surface area contributed by atoms with Crippen LogP contribution in [0.5, 0.6) is 0 Å². The van der Waals surface area contributed by atoms with Gasteiger partial charge in [0.05, 0.1) is 0 Å². The molecule has 1 aliphatic rings. The first kappa shape index (κ1) is 21.5. The van der Waals surface area contributed by atoms with Crippen molar-refractivity contribution in [1.29, 1.82) is 0 Å². The van der Waals surface area contributed by atoms with Crippen molar-refractivity contribution >= 4 is 24.0 Å². The molecule has 0 heterocycles. The van der Waals surface area contributed by atoms with E-state index < -0.39 is 0 Å². The highest BCUT2D eigenvalue weighted by atomic mass is 32.1. The van der Waals surface area contributed by atoms with E-state index in [-0.39, 0.29) is 5.25 Å². The summed E-state index contributed by atoms with van der Waals surface area (Å²) in [6.45, 7) is 4.61. The third-order valence-electron chi connectivity index (χ3n) is 6.40. The van der Waals surface area contributed by atoms with Crippen LogP contribution in [0, 0.1) is 5.92 Å². The molecule has 0 aliphatic heterocycles. The van der Waals surface area contributed by atoms with Crippen molar-refractivity contribution in [3.8, 4) is 0 Å². The van der Waals surface area contributed by atoms with E-state index in [1.807, 2.05) is 0 Å².